The highest BCUT2D eigenvalue weighted by Crippen LogP contribution is 2.51. The summed E-state index contributed by atoms with van der Waals surface area (Å²) in [5.74, 6) is -0.687. The van der Waals surface area contributed by atoms with Crippen molar-refractivity contribution in [3.8, 4) is 0 Å². The number of fused-ring (bicyclic) bond motifs is 1. The number of nitrogens with zero attached hydrogens (tertiary/aromatic N) is 3. The van der Waals surface area contributed by atoms with E-state index in [9.17, 15) is 38.2 Å². The highest BCUT2D eigenvalue weighted by Gasteiger charge is 2.45. The van der Waals surface area contributed by atoms with E-state index in [0.29, 0.717) is 4.57 Å². The monoisotopic (exact) mass is 537 g/mol. The minimum absolute atomic E-state index is 0.0810. The van der Waals surface area contributed by atoms with Crippen LogP contribution in [-0.2, 0) is 29.2 Å². The quantitative estimate of drug-likeness (QED) is 0.267. The Morgan fingerprint density at radius 1 is 1.23 bits per heavy atom. The van der Waals surface area contributed by atoms with Crippen LogP contribution in [0.25, 0.3) is 11.0 Å². The van der Waals surface area contributed by atoms with Gasteiger partial charge in [-0.3, -0.25) is 23.0 Å². The molecule has 15 nitrogen and oxygen atoms in total. The molecule has 0 aliphatic carbocycles. The van der Waals surface area contributed by atoms with E-state index in [0.717, 1.165) is 22.9 Å². The topological polar surface area (TPSA) is 213 Å². The standard InChI is InChI=1S/C17H18FN3O12P2/c18-9-3-1-2-8-10(19-32-15(8)9)6-21-12(22)4-5-20(17(21)25)16-14(24)13(23)11(31-16)7-30-35(28,29)33-34(26)27/h1-5,11,13-14,16,23-24,34H,6-7H2,(H,26,27)(H,28,29)/t11-,13+,14?,16-/m1/s1. The summed E-state index contributed by atoms with van der Waals surface area (Å²) < 4.78 is 56.2. The molecule has 3 heterocycles. The third-order valence-corrected chi connectivity index (χ3v) is 7.16. The lowest BCUT2D eigenvalue weighted by atomic mass is 10.1. The number of aliphatic hydroxyl groups is 2. The van der Waals surface area contributed by atoms with Gasteiger partial charge in [-0.25, -0.2) is 18.1 Å². The van der Waals surface area contributed by atoms with Crippen molar-refractivity contribution in [2.24, 2.45) is 0 Å². The highest BCUT2D eigenvalue weighted by molar-refractivity contribution is 7.55. The van der Waals surface area contributed by atoms with Crippen LogP contribution >= 0.6 is 16.1 Å². The molecule has 1 saturated heterocycles. The predicted molar refractivity (Wildman–Crippen MR) is 112 cm³/mol. The van der Waals surface area contributed by atoms with Crippen LogP contribution in [0.2, 0.25) is 0 Å². The van der Waals surface area contributed by atoms with Crippen molar-refractivity contribution in [2.75, 3.05) is 6.61 Å². The van der Waals surface area contributed by atoms with Crippen LogP contribution < -0.4 is 11.2 Å². The zero-order chi connectivity index (χ0) is 25.5. The van der Waals surface area contributed by atoms with Crippen molar-refractivity contribution >= 4 is 27.0 Å². The third kappa shape index (κ3) is 5.21. The molecule has 190 valence electrons. The molecule has 4 N–H and O–H groups in total. The number of benzene rings is 1. The van der Waals surface area contributed by atoms with Crippen molar-refractivity contribution in [1.29, 1.82) is 0 Å². The Morgan fingerprint density at radius 2 is 1.97 bits per heavy atom. The number of aliphatic hydroxyl groups excluding tert-OH is 2. The summed E-state index contributed by atoms with van der Waals surface area (Å²) in [7, 11) is -8.78. The van der Waals surface area contributed by atoms with Gasteiger partial charge in [-0.2, -0.15) is 0 Å². The van der Waals surface area contributed by atoms with E-state index in [1.165, 1.54) is 12.1 Å². The van der Waals surface area contributed by atoms with Gasteiger partial charge in [0, 0.05) is 17.6 Å². The predicted octanol–water partition coefficient (Wildman–Crippen LogP) is -0.527. The molecule has 1 aliphatic rings. The highest BCUT2D eigenvalue weighted by atomic mass is 31.2. The van der Waals surface area contributed by atoms with Crippen LogP contribution in [0.5, 0.6) is 0 Å². The third-order valence-electron chi connectivity index (χ3n) is 5.14. The molecule has 0 radical (unpaired) electrons. The maximum absolute atomic E-state index is 13.9. The number of para-hydroxylation sites is 1. The van der Waals surface area contributed by atoms with Gasteiger partial charge in [-0.15, -0.1) is 0 Å². The van der Waals surface area contributed by atoms with Gasteiger partial charge in [0.25, 0.3) is 5.56 Å². The zero-order valence-electron chi connectivity index (χ0n) is 17.3. The lowest BCUT2D eigenvalue weighted by Crippen LogP contribution is -2.43. The Bertz CT molecular complexity index is 1440. The van der Waals surface area contributed by atoms with Crippen LogP contribution in [0.4, 0.5) is 4.39 Å². The fourth-order valence-electron chi connectivity index (χ4n) is 3.50. The number of halogens is 1. The van der Waals surface area contributed by atoms with E-state index in [4.69, 9.17) is 14.2 Å². The first-order valence-electron chi connectivity index (χ1n) is 9.74. The van der Waals surface area contributed by atoms with E-state index in [1.807, 2.05) is 0 Å². The maximum atomic E-state index is 13.9. The van der Waals surface area contributed by atoms with Crippen molar-refractivity contribution < 1.29 is 51.6 Å². The smallest absolute Gasteiger partial charge is 0.387 e. The number of aromatic nitrogens is 3. The zero-order valence-corrected chi connectivity index (χ0v) is 19.2. The summed E-state index contributed by atoms with van der Waals surface area (Å²) in [6.45, 7) is -1.28. The molecule has 1 aromatic carbocycles. The summed E-state index contributed by atoms with van der Waals surface area (Å²) in [4.78, 5) is 43.4. The summed E-state index contributed by atoms with van der Waals surface area (Å²) >= 11 is 0. The Kier molecular flexibility index (Phi) is 7.20. The minimum atomic E-state index is -4.97. The summed E-state index contributed by atoms with van der Waals surface area (Å²) in [6, 6.07) is 5.01. The Labute approximate surface area is 194 Å². The van der Waals surface area contributed by atoms with Crippen LogP contribution in [0.3, 0.4) is 0 Å². The molecule has 3 unspecified atom stereocenters. The molecular formula is C17H18FN3O12P2. The lowest BCUT2D eigenvalue weighted by Gasteiger charge is -2.18. The number of phosphoric acid groups is 1. The van der Waals surface area contributed by atoms with Gasteiger partial charge < -0.3 is 29.3 Å². The fourth-order valence-corrected chi connectivity index (χ4v) is 4.84. The van der Waals surface area contributed by atoms with Crippen molar-refractivity contribution in [3.63, 3.8) is 0 Å². The molecule has 3 aromatic rings. The molecule has 2 aromatic heterocycles. The van der Waals surface area contributed by atoms with Gasteiger partial charge in [-0.1, -0.05) is 11.2 Å². The Balaban J connectivity index is 1.59. The number of rotatable bonds is 8. The first kappa shape index (κ1) is 25.6. The molecule has 1 aliphatic heterocycles. The summed E-state index contributed by atoms with van der Waals surface area (Å²) in [5, 5.41) is 24.5. The second kappa shape index (κ2) is 9.85. The van der Waals surface area contributed by atoms with Gasteiger partial charge in [0.05, 0.1) is 13.2 Å². The molecule has 0 amide bonds. The van der Waals surface area contributed by atoms with Gasteiger partial charge >= 0.3 is 21.8 Å². The second-order valence-corrected chi connectivity index (χ2v) is 9.80. The van der Waals surface area contributed by atoms with E-state index < -0.39 is 70.8 Å². The first-order chi connectivity index (χ1) is 16.5. The fraction of sp³-hybridized carbons (Fsp3) is 0.353. The molecular weight excluding hydrogens is 519 g/mol. The van der Waals surface area contributed by atoms with E-state index in [2.05, 4.69) is 14.0 Å². The number of phosphoric ester groups is 1. The maximum Gasteiger partial charge on any atom is 0.479 e. The number of hydrogen-bond acceptors (Lipinski definition) is 11. The average molecular weight is 537 g/mol. The molecule has 0 saturated carbocycles. The summed E-state index contributed by atoms with van der Waals surface area (Å²) in [5.41, 5.74) is -1.83. The van der Waals surface area contributed by atoms with E-state index >= 15 is 0 Å². The molecule has 0 bridgehead atoms. The molecule has 0 spiro atoms. The average Bonchev–Trinajstić information content (AvgIpc) is 3.31. The SMILES string of the molecule is O=c1ccn([C@@H]2O[C@H](COP(=O)(O)O[PH](=O)O)[C@H](O)C2O)c(=O)n1Cc1noc2c(F)cccc12. The van der Waals surface area contributed by atoms with E-state index in [1.54, 1.807) is 0 Å². The van der Waals surface area contributed by atoms with E-state index in [-0.39, 0.29) is 16.7 Å². The minimum Gasteiger partial charge on any atom is -0.387 e. The van der Waals surface area contributed by atoms with Gasteiger partial charge in [0.1, 0.15) is 24.0 Å². The largest absolute Gasteiger partial charge is 0.479 e. The molecule has 4 rings (SSSR count). The van der Waals surface area contributed by atoms with Crippen LogP contribution in [-0.4, -0.2) is 59.2 Å². The molecule has 1 fully saturated rings. The normalized spacial score (nSPS) is 25.1. The van der Waals surface area contributed by atoms with Crippen molar-refractivity contribution in [2.45, 2.75) is 31.1 Å². The molecule has 35 heavy (non-hydrogen) atoms. The van der Waals surface area contributed by atoms with Crippen LogP contribution in [0.1, 0.15) is 11.9 Å². The molecule has 6 atom stereocenters. The van der Waals surface area contributed by atoms with Gasteiger partial charge in [0.2, 0.25) is 5.58 Å². The van der Waals surface area contributed by atoms with Crippen molar-refractivity contribution in [3.05, 3.63) is 62.8 Å². The summed E-state index contributed by atoms with van der Waals surface area (Å²) in [6.07, 6.45) is -5.48. The Hall–Kier alpha value is -2.52. The Morgan fingerprint density at radius 3 is 2.69 bits per heavy atom. The van der Waals surface area contributed by atoms with Gasteiger partial charge in [0.15, 0.2) is 12.0 Å². The molecule has 18 heteroatoms. The van der Waals surface area contributed by atoms with Crippen LogP contribution in [0.15, 0.2) is 44.6 Å². The number of hydrogen-bond donors (Lipinski definition) is 4. The second-order valence-electron chi connectivity index (χ2n) is 7.34. The number of ether oxygens (including phenoxy) is 1. The van der Waals surface area contributed by atoms with Gasteiger partial charge in [-0.05, 0) is 12.1 Å². The first-order valence-corrected chi connectivity index (χ1v) is 12.5. The lowest BCUT2D eigenvalue weighted by molar-refractivity contribution is -0.0546. The van der Waals surface area contributed by atoms with Crippen molar-refractivity contribution in [1.82, 2.24) is 14.3 Å². The van der Waals surface area contributed by atoms with Crippen LogP contribution in [0, 0.1) is 5.82 Å².